The Kier molecular flexibility index (Phi) is 3.41. The van der Waals surface area contributed by atoms with Gasteiger partial charge in [-0.3, -0.25) is 10.1 Å². The molecular formula is C13H19N3O2. The lowest BCUT2D eigenvalue weighted by molar-refractivity contribution is -0.383. The highest BCUT2D eigenvalue weighted by Gasteiger charge is 2.23. The van der Waals surface area contributed by atoms with Crippen molar-refractivity contribution in [1.82, 2.24) is 0 Å². The van der Waals surface area contributed by atoms with Crippen molar-refractivity contribution in [2.45, 2.75) is 20.3 Å². The van der Waals surface area contributed by atoms with Crippen LogP contribution in [-0.2, 0) is 0 Å². The normalized spacial score (nSPS) is 24.0. The van der Waals surface area contributed by atoms with Gasteiger partial charge < -0.3 is 10.6 Å². The largest absolute Gasteiger partial charge is 0.393 e. The predicted molar refractivity (Wildman–Crippen MR) is 72.7 cm³/mol. The first-order valence-corrected chi connectivity index (χ1v) is 6.26. The quantitative estimate of drug-likeness (QED) is 0.497. The fourth-order valence-electron chi connectivity index (χ4n) is 2.78. The van der Waals surface area contributed by atoms with Gasteiger partial charge in [0.1, 0.15) is 5.69 Å². The molecule has 0 aliphatic carbocycles. The maximum absolute atomic E-state index is 10.7. The van der Waals surface area contributed by atoms with E-state index in [1.165, 1.54) is 12.5 Å². The van der Waals surface area contributed by atoms with E-state index in [-0.39, 0.29) is 11.4 Å². The summed E-state index contributed by atoms with van der Waals surface area (Å²) in [5, 5.41) is 10.7. The number of benzene rings is 1. The number of nitro groups is 1. The van der Waals surface area contributed by atoms with Crippen LogP contribution in [0.25, 0.3) is 0 Å². The van der Waals surface area contributed by atoms with Crippen molar-refractivity contribution >= 4 is 17.1 Å². The summed E-state index contributed by atoms with van der Waals surface area (Å²) in [5.41, 5.74) is 6.94. The number of nitro benzene ring substituents is 1. The van der Waals surface area contributed by atoms with E-state index in [9.17, 15) is 10.1 Å². The van der Waals surface area contributed by atoms with Crippen LogP contribution in [0.15, 0.2) is 18.2 Å². The zero-order valence-corrected chi connectivity index (χ0v) is 10.8. The first-order chi connectivity index (χ1) is 8.47. The summed E-state index contributed by atoms with van der Waals surface area (Å²) in [4.78, 5) is 12.5. The smallest absolute Gasteiger partial charge is 0.292 e. The molecule has 1 aliphatic rings. The molecular weight excluding hydrogens is 230 g/mol. The fourth-order valence-corrected chi connectivity index (χ4v) is 2.78. The molecule has 98 valence electrons. The minimum Gasteiger partial charge on any atom is -0.393 e. The summed E-state index contributed by atoms with van der Waals surface area (Å²) >= 11 is 0. The van der Waals surface area contributed by atoms with E-state index in [1.807, 2.05) is 0 Å². The molecule has 5 heteroatoms. The summed E-state index contributed by atoms with van der Waals surface area (Å²) in [6.45, 7) is 6.44. The molecule has 18 heavy (non-hydrogen) atoms. The van der Waals surface area contributed by atoms with Gasteiger partial charge in [-0.25, -0.2) is 0 Å². The van der Waals surface area contributed by atoms with Crippen LogP contribution in [0.5, 0.6) is 0 Å². The van der Waals surface area contributed by atoms with E-state index >= 15 is 0 Å². The molecule has 2 atom stereocenters. The van der Waals surface area contributed by atoms with Crippen molar-refractivity contribution in [1.29, 1.82) is 0 Å². The second-order valence-electron chi connectivity index (χ2n) is 5.35. The predicted octanol–water partition coefficient (Wildman–Crippen LogP) is 2.66. The summed E-state index contributed by atoms with van der Waals surface area (Å²) < 4.78 is 0. The number of hydrogen-bond donors (Lipinski definition) is 1. The van der Waals surface area contributed by atoms with Crippen molar-refractivity contribution in [3.63, 3.8) is 0 Å². The fraction of sp³-hybridized carbons (Fsp3) is 0.538. The Hall–Kier alpha value is -1.78. The average molecular weight is 249 g/mol. The van der Waals surface area contributed by atoms with E-state index < -0.39 is 4.92 Å². The number of anilines is 2. The van der Waals surface area contributed by atoms with Crippen LogP contribution in [-0.4, -0.2) is 18.0 Å². The Bertz CT molecular complexity index is 452. The zero-order chi connectivity index (χ0) is 13.3. The van der Waals surface area contributed by atoms with Crippen LogP contribution >= 0.6 is 0 Å². The zero-order valence-electron chi connectivity index (χ0n) is 10.8. The first kappa shape index (κ1) is 12.7. The molecule has 1 aliphatic heterocycles. The van der Waals surface area contributed by atoms with Crippen LogP contribution in [0, 0.1) is 22.0 Å². The number of nitrogens with zero attached hydrogens (tertiary/aromatic N) is 2. The monoisotopic (exact) mass is 249 g/mol. The molecule has 0 spiro atoms. The molecule has 5 nitrogen and oxygen atoms in total. The van der Waals surface area contributed by atoms with Crippen LogP contribution in [0.1, 0.15) is 20.3 Å². The van der Waals surface area contributed by atoms with Gasteiger partial charge in [-0.05, 0) is 30.4 Å². The maximum Gasteiger partial charge on any atom is 0.292 e. The van der Waals surface area contributed by atoms with Gasteiger partial charge in [0.05, 0.1) is 4.92 Å². The molecule has 0 amide bonds. The van der Waals surface area contributed by atoms with Gasteiger partial charge in [-0.15, -0.1) is 0 Å². The van der Waals surface area contributed by atoms with E-state index in [2.05, 4.69) is 18.7 Å². The molecule has 1 fully saturated rings. The highest BCUT2D eigenvalue weighted by atomic mass is 16.6. The van der Waals surface area contributed by atoms with E-state index in [4.69, 9.17) is 5.73 Å². The van der Waals surface area contributed by atoms with Crippen LogP contribution in [0.2, 0.25) is 0 Å². The standard InChI is InChI=1S/C13H19N3O2/c1-9-5-10(2)8-15(7-9)11-3-4-13(16(17)18)12(14)6-11/h3-4,6,9-10H,5,7-8,14H2,1-2H3. The highest BCUT2D eigenvalue weighted by Crippen LogP contribution is 2.30. The van der Waals surface area contributed by atoms with Crippen molar-refractivity contribution in [2.75, 3.05) is 23.7 Å². The molecule has 0 bridgehead atoms. The minimum atomic E-state index is -0.444. The molecule has 1 heterocycles. The van der Waals surface area contributed by atoms with Gasteiger partial charge in [0.15, 0.2) is 0 Å². The number of hydrogen-bond acceptors (Lipinski definition) is 4. The second kappa shape index (κ2) is 4.84. The van der Waals surface area contributed by atoms with Gasteiger partial charge in [0.2, 0.25) is 0 Å². The Balaban J connectivity index is 2.23. The van der Waals surface area contributed by atoms with E-state index in [0.717, 1.165) is 18.8 Å². The van der Waals surface area contributed by atoms with Crippen LogP contribution in [0.4, 0.5) is 17.1 Å². The average Bonchev–Trinajstić information content (AvgIpc) is 2.26. The van der Waals surface area contributed by atoms with Crippen molar-refractivity contribution < 1.29 is 4.92 Å². The molecule has 0 saturated carbocycles. The molecule has 1 aromatic rings. The van der Waals surface area contributed by atoms with E-state index in [1.54, 1.807) is 12.1 Å². The maximum atomic E-state index is 10.7. The molecule has 2 rings (SSSR count). The number of rotatable bonds is 2. The summed E-state index contributed by atoms with van der Waals surface area (Å²) in [7, 11) is 0. The van der Waals surface area contributed by atoms with Gasteiger partial charge in [0, 0.05) is 24.8 Å². The summed E-state index contributed by atoms with van der Waals surface area (Å²) in [5.74, 6) is 1.29. The molecule has 2 unspecified atom stereocenters. The molecule has 0 radical (unpaired) electrons. The lowest BCUT2D eigenvalue weighted by Crippen LogP contribution is -2.38. The third-order valence-corrected chi connectivity index (χ3v) is 3.44. The topological polar surface area (TPSA) is 72.4 Å². The molecule has 1 saturated heterocycles. The summed E-state index contributed by atoms with van der Waals surface area (Å²) in [6.07, 6.45) is 1.24. The summed E-state index contributed by atoms with van der Waals surface area (Å²) in [6, 6.07) is 5.00. The van der Waals surface area contributed by atoms with Crippen LogP contribution in [0.3, 0.4) is 0 Å². The van der Waals surface area contributed by atoms with Gasteiger partial charge in [0.25, 0.3) is 5.69 Å². The van der Waals surface area contributed by atoms with Gasteiger partial charge in [-0.1, -0.05) is 13.8 Å². The van der Waals surface area contributed by atoms with Gasteiger partial charge in [-0.2, -0.15) is 0 Å². The number of piperidine rings is 1. The lowest BCUT2D eigenvalue weighted by atomic mass is 9.91. The lowest BCUT2D eigenvalue weighted by Gasteiger charge is -2.36. The molecule has 0 aromatic heterocycles. The van der Waals surface area contributed by atoms with Crippen LogP contribution < -0.4 is 10.6 Å². The SMILES string of the molecule is CC1CC(C)CN(c2ccc([N+](=O)[O-])c(N)c2)C1. The Morgan fingerprint density at radius 2 is 1.94 bits per heavy atom. The third-order valence-electron chi connectivity index (χ3n) is 3.44. The first-order valence-electron chi connectivity index (χ1n) is 6.26. The molecule has 2 N–H and O–H groups in total. The Morgan fingerprint density at radius 3 is 2.44 bits per heavy atom. The number of nitrogen functional groups attached to an aromatic ring is 1. The van der Waals surface area contributed by atoms with Crippen molar-refractivity contribution in [2.24, 2.45) is 11.8 Å². The highest BCUT2D eigenvalue weighted by molar-refractivity contribution is 5.66. The van der Waals surface area contributed by atoms with Crippen molar-refractivity contribution in [3.8, 4) is 0 Å². The minimum absolute atomic E-state index is 0.0168. The van der Waals surface area contributed by atoms with E-state index in [0.29, 0.717) is 11.8 Å². The molecule has 1 aromatic carbocycles. The van der Waals surface area contributed by atoms with Gasteiger partial charge >= 0.3 is 0 Å². The Morgan fingerprint density at radius 1 is 1.33 bits per heavy atom. The Labute approximate surface area is 107 Å². The second-order valence-corrected chi connectivity index (χ2v) is 5.35. The van der Waals surface area contributed by atoms with Crippen molar-refractivity contribution in [3.05, 3.63) is 28.3 Å². The number of nitrogens with two attached hydrogens (primary N) is 1. The third kappa shape index (κ3) is 2.55.